The van der Waals surface area contributed by atoms with Crippen LogP contribution in [0.5, 0.6) is 5.75 Å². The van der Waals surface area contributed by atoms with Crippen LogP contribution in [0.3, 0.4) is 0 Å². The second-order valence-electron chi connectivity index (χ2n) is 6.66. The summed E-state index contributed by atoms with van der Waals surface area (Å²) < 4.78 is 45.0. The molecule has 0 amide bonds. The monoisotopic (exact) mass is 430 g/mol. The highest BCUT2D eigenvalue weighted by Crippen LogP contribution is 2.36. The standard InChI is InChI=1S/C21H10ClF3N2O3/c22-11-3-5-12(6-4-11)27-15-8-7-13(30-21(23,24)25)10-14(15)19(28)17-18(27)16-2-1-9-26(16)20(17)29/h1-10H. The van der Waals surface area contributed by atoms with E-state index in [1.54, 1.807) is 41.0 Å². The first-order chi connectivity index (χ1) is 14.2. The van der Waals surface area contributed by atoms with Crippen LogP contribution >= 0.6 is 11.6 Å². The summed E-state index contributed by atoms with van der Waals surface area (Å²) in [6.45, 7) is 0. The molecule has 2 aromatic heterocycles. The van der Waals surface area contributed by atoms with E-state index in [4.69, 9.17) is 11.6 Å². The fourth-order valence-corrected chi connectivity index (χ4v) is 3.86. The Labute approximate surface area is 171 Å². The van der Waals surface area contributed by atoms with E-state index in [9.17, 15) is 22.8 Å². The van der Waals surface area contributed by atoms with Gasteiger partial charge in [0.1, 0.15) is 11.3 Å². The number of hydrogen-bond donors (Lipinski definition) is 0. The molecule has 0 spiro atoms. The largest absolute Gasteiger partial charge is 0.573 e. The van der Waals surface area contributed by atoms with Crippen LogP contribution < -0.4 is 10.2 Å². The van der Waals surface area contributed by atoms with Crippen LogP contribution in [0.4, 0.5) is 13.2 Å². The van der Waals surface area contributed by atoms with Gasteiger partial charge in [0.15, 0.2) is 0 Å². The molecule has 0 atom stereocenters. The maximum atomic E-state index is 13.1. The van der Waals surface area contributed by atoms with Crippen molar-refractivity contribution < 1.29 is 22.7 Å². The van der Waals surface area contributed by atoms with E-state index in [-0.39, 0.29) is 10.9 Å². The lowest BCUT2D eigenvalue weighted by molar-refractivity contribution is -0.274. The molecule has 150 valence electrons. The second kappa shape index (κ2) is 6.24. The first-order valence-electron chi connectivity index (χ1n) is 8.71. The third-order valence-corrected chi connectivity index (χ3v) is 5.14. The maximum absolute atomic E-state index is 13.1. The lowest BCUT2D eigenvalue weighted by Gasteiger charge is -2.17. The lowest BCUT2D eigenvalue weighted by Crippen LogP contribution is -2.20. The van der Waals surface area contributed by atoms with Gasteiger partial charge < -0.3 is 9.30 Å². The number of ether oxygens (including phenoxy) is 1. The van der Waals surface area contributed by atoms with Gasteiger partial charge in [-0.25, -0.2) is 0 Å². The number of aromatic nitrogens is 2. The summed E-state index contributed by atoms with van der Waals surface area (Å²) in [5.41, 5.74) is 1.03. The molecule has 4 aromatic rings. The molecule has 0 fully saturated rings. The van der Waals surface area contributed by atoms with Crippen molar-refractivity contribution in [1.29, 1.82) is 0 Å². The number of halogens is 4. The Kier molecular flexibility index (Phi) is 3.85. The zero-order chi connectivity index (χ0) is 21.2. The quantitative estimate of drug-likeness (QED) is 0.395. The Balaban J connectivity index is 1.90. The number of carbonyl (C=O) groups excluding carboxylic acids is 1. The predicted molar refractivity (Wildman–Crippen MR) is 104 cm³/mol. The maximum Gasteiger partial charge on any atom is 0.573 e. The van der Waals surface area contributed by atoms with Crippen molar-refractivity contribution in [3.63, 3.8) is 0 Å². The second-order valence-corrected chi connectivity index (χ2v) is 7.10. The summed E-state index contributed by atoms with van der Waals surface area (Å²) >= 11 is 5.99. The average molecular weight is 431 g/mol. The molecule has 0 bridgehead atoms. The van der Waals surface area contributed by atoms with Crippen molar-refractivity contribution in [2.45, 2.75) is 6.36 Å². The van der Waals surface area contributed by atoms with E-state index in [1.165, 1.54) is 16.8 Å². The molecule has 0 saturated heterocycles. The van der Waals surface area contributed by atoms with E-state index >= 15 is 0 Å². The fourth-order valence-electron chi connectivity index (χ4n) is 3.73. The van der Waals surface area contributed by atoms with Gasteiger partial charge in [-0.3, -0.25) is 14.2 Å². The molecule has 5 rings (SSSR count). The lowest BCUT2D eigenvalue weighted by atomic mass is 10.1. The third kappa shape index (κ3) is 2.72. The van der Waals surface area contributed by atoms with Gasteiger partial charge in [-0.1, -0.05) is 11.6 Å². The number of fused-ring (bicyclic) bond motifs is 4. The molecule has 0 unspecified atom stereocenters. The molecule has 0 N–H and O–H groups in total. The third-order valence-electron chi connectivity index (χ3n) is 4.88. The van der Waals surface area contributed by atoms with Crippen LogP contribution in [0.1, 0.15) is 10.4 Å². The van der Waals surface area contributed by atoms with Crippen molar-refractivity contribution in [2.75, 3.05) is 0 Å². The van der Waals surface area contributed by atoms with Crippen LogP contribution in [0, 0.1) is 0 Å². The molecule has 9 heteroatoms. The van der Waals surface area contributed by atoms with Gasteiger partial charge in [0, 0.05) is 16.9 Å². The average Bonchev–Trinajstić information content (AvgIpc) is 3.26. The van der Waals surface area contributed by atoms with E-state index in [2.05, 4.69) is 4.74 Å². The van der Waals surface area contributed by atoms with Gasteiger partial charge in [0.25, 0.3) is 5.91 Å². The van der Waals surface area contributed by atoms with Crippen molar-refractivity contribution in [1.82, 2.24) is 9.13 Å². The van der Waals surface area contributed by atoms with Crippen LogP contribution in [0.2, 0.25) is 5.02 Å². The molecule has 0 saturated carbocycles. The molecular formula is C21H10ClF3N2O3. The zero-order valence-electron chi connectivity index (χ0n) is 14.9. The number of carbonyl (C=O) groups is 1. The van der Waals surface area contributed by atoms with Gasteiger partial charge >= 0.3 is 6.36 Å². The van der Waals surface area contributed by atoms with Crippen molar-refractivity contribution in [3.05, 3.63) is 81.6 Å². The summed E-state index contributed by atoms with van der Waals surface area (Å²) in [5.74, 6) is -1.08. The Morgan fingerprint density at radius 1 is 0.967 bits per heavy atom. The number of alkyl halides is 3. The minimum Gasteiger partial charge on any atom is -0.406 e. The van der Waals surface area contributed by atoms with E-state index in [1.807, 2.05) is 0 Å². The van der Waals surface area contributed by atoms with Crippen LogP contribution in [0.15, 0.2) is 65.6 Å². The normalized spacial score (nSPS) is 12.9. The number of pyridine rings is 1. The predicted octanol–water partition coefficient (Wildman–Crippen LogP) is 5.01. The van der Waals surface area contributed by atoms with Crippen molar-refractivity contribution in [3.8, 4) is 22.8 Å². The summed E-state index contributed by atoms with van der Waals surface area (Å²) in [6, 6.07) is 13.5. The van der Waals surface area contributed by atoms with Gasteiger partial charge in [-0.15, -0.1) is 13.2 Å². The molecule has 30 heavy (non-hydrogen) atoms. The van der Waals surface area contributed by atoms with Gasteiger partial charge in [-0.2, -0.15) is 0 Å². The van der Waals surface area contributed by atoms with Crippen molar-refractivity contribution >= 4 is 28.4 Å². The molecule has 3 heterocycles. The molecule has 5 nitrogen and oxygen atoms in total. The van der Waals surface area contributed by atoms with Gasteiger partial charge in [-0.05, 0) is 54.6 Å². The van der Waals surface area contributed by atoms with E-state index in [0.717, 1.165) is 12.1 Å². The molecule has 1 aliphatic rings. The smallest absolute Gasteiger partial charge is 0.406 e. The highest BCUT2D eigenvalue weighted by Gasteiger charge is 2.34. The molecular weight excluding hydrogens is 421 g/mol. The van der Waals surface area contributed by atoms with Crippen molar-refractivity contribution in [2.24, 2.45) is 0 Å². The van der Waals surface area contributed by atoms with Crippen LogP contribution in [0.25, 0.3) is 28.0 Å². The highest BCUT2D eigenvalue weighted by atomic mass is 35.5. The minimum absolute atomic E-state index is 0.0652. The summed E-state index contributed by atoms with van der Waals surface area (Å²) in [4.78, 5) is 26.0. The number of nitrogens with zero attached hydrogens (tertiary/aromatic N) is 2. The van der Waals surface area contributed by atoms with E-state index < -0.39 is 23.4 Å². The topological polar surface area (TPSA) is 53.2 Å². The fraction of sp³-hybridized carbons (Fsp3) is 0.0476. The Morgan fingerprint density at radius 3 is 2.40 bits per heavy atom. The van der Waals surface area contributed by atoms with E-state index in [0.29, 0.717) is 27.6 Å². The summed E-state index contributed by atoms with van der Waals surface area (Å²) in [5, 5.41) is 0.422. The molecule has 0 radical (unpaired) electrons. The Morgan fingerprint density at radius 2 is 1.70 bits per heavy atom. The number of benzene rings is 2. The Bertz CT molecular complexity index is 1400. The summed E-state index contributed by atoms with van der Waals surface area (Å²) in [7, 11) is 0. The molecule has 1 aliphatic heterocycles. The minimum atomic E-state index is -4.91. The zero-order valence-corrected chi connectivity index (χ0v) is 15.7. The molecule has 2 aromatic carbocycles. The number of rotatable bonds is 2. The number of hydrogen-bond acceptors (Lipinski definition) is 3. The first kappa shape index (κ1) is 18.5. The van der Waals surface area contributed by atoms with Gasteiger partial charge in [0.05, 0.1) is 22.3 Å². The first-order valence-corrected chi connectivity index (χ1v) is 9.09. The van der Waals surface area contributed by atoms with Crippen LogP contribution in [-0.4, -0.2) is 21.4 Å². The van der Waals surface area contributed by atoms with Crippen LogP contribution in [-0.2, 0) is 0 Å². The summed E-state index contributed by atoms with van der Waals surface area (Å²) in [6.07, 6.45) is -3.38. The van der Waals surface area contributed by atoms with Gasteiger partial charge in [0.2, 0.25) is 5.43 Å². The highest BCUT2D eigenvalue weighted by molar-refractivity contribution is 6.30. The Hall–Kier alpha value is -3.52. The molecule has 0 aliphatic carbocycles. The SMILES string of the molecule is O=C1c2c(n(-c3ccc(Cl)cc3)c3ccc(OC(F)(F)F)cc3c2=O)-c2cccn21.